The van der Waals surface area contributed by atoms with Crippen molar-refractivity contribution in [2.24, 2.45) is 4.99 Å². The lowest BCUT2D eigenvalue weighted by atomic mass is 9.87. The van der Waals surface area contributed by atoms with Crippen LogP contribution in [-0.2, 0) is 14.9 Å². The number of fused-ring (bicyclic) bond motifs is 2. The van der Waals surface area contributed by atoms with Crippen molar-refractivity contribution in [3.05, 3.63) is 108 Å². The smallest absolute Gasteiger partial charge is 0.338 e. The van der Waals surface area contributed by atoms with Crippen LogP contribution < -0.4 is 19.6 Å². The van der Waals surface area contributed by atoms with Crippen molar-refractivity contribution in [1.29, 1.82) is 0 Å². The van der Waals surface area contributed by atoms with Gasteiger partial charge in [0.05, 0.1) is 29.5 Å². The Bertz CT molecular complexity index is 1790. The first-order valence-electron chi connectivity index (χ1n) is 13.0. The van der Waals surface area contributed by atoms with Crippen molar-refractivity contribution in [1.82, 2.24) is 4.57 Å². The second-order valence-corrected chi connectivity index (χ2v) is 11.6. The van der Waals surface area contributed by atoms with Gasteiger partial charge in [0.1, 0.15) is 11.8 Å². The van der Waals surface area contributed by atoms with Gasteiger partial charge in [0.25, 0.3) is 5.56 Å². The quantitative estimate of drug-likeness (QED) is 0.324. The normalized spacial score (nSPS) is 15.7. The van der Waals surface area contributed by atoms with E-state index in [-0.39, 0.29) is 17.6 Å². The number of hydrogen-bond donors (Lipinski definition) is 0. The summed E-state index contributed by atoms with van der Waals surface area (Å²) in [7, 11) is 1.60. The van der Waals surface area contributed by atoms with E-state index >= 15 is 0 Å². The molecule has 5 rings (SSSR count). The molecule has 0 spiro atoms. The third-order valence-electron chi connectivity index (χ3n) is 7.02. The third kappa shape index (κ3) is 4.83. The van der Waals surface area contributed by atoms with Crippen molar-refractivity contribution in [2.75, 3.05) is 13.7 Å². The van der Waals surface area contributed by atoms with Crippen LogP contribution in [0.2, 0.25) is 0 Å². The van der Waals surface area contributed by atoms with Gasteiger partial charge in [0.15, 0.2) is 4.80 Å². The van der Waals surface area contributed by atoms with Gasteiger partial charge in [-0.05, 0) is 53.3 Å². The molecule has 0 radical (unpaired) electrons. The fourth-order valence-electron chi connectivity index (χ4n) is 5.03. The summed E-state index contributed by atoms with van der Waals surface area (Å²) in [5.74, 6) is 0.0910. The second kappa shape index (κ2) is 10.3. The number of methoxy groups -OCH3 is 1. The SMILES string of the molecule is CCOC(=O)C1=C(C)N=c2s/c(=C\c3ccc(C(C)(C)C)cc3)c(=O)n2[C@H]1c1c(OC)ccc2ccccc12. The summed E-state index contributed by atoms with van der Waals surface area (Å²) in [6.07, 6.45) is 1.89. The standard InChI is InChI=1S/C32H32N2O4S/c1-7-38-30(36)26-19(2)33-31-34(28(26)27-23-11-9-8-10-21(23)14-17-24(27)37-6)29(35)25(39-31)18-20-12-15-22(16-13-20)32(3,4)5/h8-18,28H,7H2,1-6H3/b25-18-/t28-/m1/s1. The zero-order valence-electron chi connectivity index (χ0n) is 23.1. The number of ether oxygens (including phenoxy) is 2. The Balaban J connectivity index is 1.78. The van der Waals surface area contributed by atoms with Crippen LogP contribution in [0.1, 0.15) is 57.4 Å². The highest BCUT2D eigenvalue weighted by Gasteiger charge is 2.36. The molecule has 1 aliphatic rings. The molecule has 0 bridgehead atoms. The van der Waals surface area contributed by atoms with Gasteiger partial charge in [-0.3, -0.25) is 9.36 Å². The molecule has 39 heavy (non-hydrogen) atoms. The lowest BCUT2D eigenvalue weighted by Gasteiger charge is -2.27. The highest BCUT2D eigenvalue weighted by Crippen LogP contribution is 2.40. The molecule has 0 fully saturated rings. The Kier molecular flexibility index (Phi) is 7.03. The molecule has 0 aliphatic carbocycles. The number of thiazole rings is 1. The van der Waals surface area contributed by atoms with Crippen LogP contribution in [0, 0.1) is 0 Å². The fraction of sp³-hybridized carbons (Fsp3) is 0.281. The lowest BCUT2D eigenvalue weighted by Crippen LogP contribution is -2.40. The first kappa shape index (κ1) is 26.6. The minimum atomic E-state index is -0.758. The van der Waals surface area contributed by atoms with E-state index in [9.17, 15) is 9.59 Å². The number of nitrogens with zero attached hydrogens (tertiary/aromatic N) is 2. The zero-order valence-corrected chi connectivity index (χ0v) is 23.9. The van der Waals surface area contributed by atoms with Gasteiger partial charge in [-0.1, -0.05) is 86.7 Å². The van der Waals surface area contributed by atoms with Crippen LogP contribution in [0.3, 0.4) is 0 Å². The Morgan fingerprint density at radius 2 is 1.79 bits per heavy atom. The molecule has 0 amide bonds. The maximum atomic E-state index is 14.1. The van der Waals surface area contributed by atoms with Crippen LogP contribution in [0.25, 0.3) is 16.8 Å². The van der Waals surface area contributed by atoms with Gasteiger partial charge in [0.2, 0.25) is 0 Å². The van der Waals surface area contributed by atoms with Crippen molar-refractivity contribution < 1.29 is 14.3 Å². The highest BCUT2D eigenvalue weighted by molar-refractivity contribution is 7.07. The summed E-state index contributed by atoms with van der Waals surface area (Å²) < 4.78 is 13.4. The summed E-state index contributed by atoms with van der Waals surface area (Å²) in [4.78, 5) is 32.7. The monoisotopic (exact) mass is 540 g/mol. The topological polar surface area (TPSA) is 69.9 Å². The number of hydrogen-bond acceptors (Lipinski definition) is 6. The number of carbonyl (C=O) groups is 1. The molecule has 1 aliphatic heterocycles. The number of rotatable bonds is 5. The van der Waals surface area contributed by atoms with Crippen LogP contribution in [0.15, 0.2) is 81.7 Å². The molecule has 0 saturated heterocycles. The van der Waals surface area contributed by atoms with Gasteiger partial charge in [0, 0.05) is 5.56 Å². The molecule has 4 aromatic rings. The molecule has 3 aromatic carbocycles. The molecular weight excluding hydrogens is 508 g/mol. The molecule has 1 aromatic heterocycles. The van der Waals surface area contributed by atoms with E-state index in [4.69, 9.17) is 14.5 Å². The van der Waals surface area contributed by atoms with Crippen molar-refractivity contribution >= 4 is 34.2 Å². The van der Waals surface area contributed by atoms with Gasteiger partial charge in [-0.25, -0.2) is 9.79 Å². The predicted molar refractivity (Wildman–Crippen MR) is 156 cm³/mol. The number of benzene rings is 3. The predicted octanol–water partition coefficient (Wildman–Crippen LogP) is 5.26. The molecule has 2 heterocycles. The molecular formula is C32H32N2O4S. The number of carbonyl (C=O) groups excluding carboxylic acids is 1. The minimum Gasteiger partial charge on any atom is -0.496 e. The molecule has 0 unspecified atom stereocenters. The van der Waals surface area contributed by atoms with Crippen LogP contribution >= 0.6 is 11.3 Å². The van der Waals surface area contributed by atoms with Crippen molar-refractivity contribution in [2.45, 2.75) is 46.1 Å². The molecule has 6 nitrogen and oxygen atoms in total. The number of esters is 1. The van der Waals surface area contributed by atoms with Crippen molar-refractivity contribution in [3.8, 4) is 5.75 Å². The van der Waals surface area contributed by atoms with E-state index in [2.05, 4.69) is 32.9 Å². The first-order valence-corrected chi connectivity index (χ1v) is 13.8. The zero-order chi connectivity index (χ0) is 27.9. The largest absolute Gasteiger partial charge is 0.496 e. The molecule has 0 saturated carbocycles. The van der Waals surface area contributed by atoms with Gasteiger partial charge in [-0.2, -0.15) is 0 Å². The summed E-state index contributed by atoms with van der Waals surface area (Å²) in [5.41, 5.74) is 3.56. The Labute approximate surface area is 231 Å². The Morgan fingerprint density at radius 3 is 2.46 bits per heavy atom. The van der Waals surface area contributed by atoms with E-state index in [1.165, 1.54) is 16.9 Å². The third-order valence-corrected chi connectivity index (χ3v) is 8.00. The molecule has 7 heteroatoms. The van der Waals surface area contributed by atoms with Crippen molar-refractivity contribution in [3.63, 3.8) is 0 Å². The average Bonchev–Trinajstić information content (AvgIpc) is 3.21. The molecule has 1 atom stereocenters. The van der Waals surface area contributed by atoms with E-state index < -0.39 is 12.0 Å². The molecule has 0 N–H and O–H groups in total. The van der Waals surface area contributed by atoms with E-state index in [0.717, 1.165) is 21.9 Å². The van der Waals surface area contributed by atoms with Crippen LogP contribution in [0.4, 0.5) is 0 Å². The Hall–Kier alpha value is -3.97. The van der Waals surface area contributed by atoms with Crippen LogP contribution in [0.5, 0.6) is 5.75 Å². The molecule has 200 valence electrons. The number of allylic oxidation sites excluding steroid dienone is 1. The summed E-state index contributed by atoms with van der Waals surface area (Å²) in [6.45, 7) is 10.3. The first-order chi connectivity index (χ1) is 18.6. The summed E-state index contributed by atoms with van der Waals surface area (Å²) in [5, 5.41) is 1.87. The van der Waals surface area contributed by atoms with Crippen LogP contribution in [-0.4, -0.2) is 24.3 Å². The average molecular weight is 541 g/mol. The van der Waals surface area contributed by atoms with E-state index in [1.54, 1.807) is 25.5 Å². The maximum Gasteiger partial charge on any atom is 0.338 e. The van der Waals surface area contributed by atoms with E-state index in [1.807, 2.05) is 54.6 Å². The van der Waals surface area contributed by atoms with Gasteiger partial charge in [-0.15, -0.1) is 0 Å². The fourth-order valence-corrected chi connectivity index (χ4v) is 6.08. The summed E-state index contributed by atoms with van der Waals surface area (Å²) >= 11 is 1.32. The van der Waals surface area contributed by atoms with Gasteiger partial charge < -0.3 is 9.47 Å². The Morgan fingerprint density at radius 1 is 1.08 bits per heavy atom. The number of aromatic nitrogens is 1. The summed E-state index contributed by atoms with van der Waals surface area (Å²) in [6, 6.07) is 19.2. The highest BCUT2D eigenvalue weighted by atomic mass is 32.1. The van der Waals surface area contributed by atoms with E-state index in [0.29, 0.717) is 26.4 Å². The van der Waals surface area contributed by atoms with Gasteiger partial charge >= 0.3 is 5.97 Å². The second-order valence-electron chi connectivity index (χ2n) is 10.6. The lowest BCUT2D eigenvalue weighted by molar-refractivity contribution is -0.139. The maximum absolute atomic E-state index is 14.1. The minimum absolute atomic E-state index is 0.0381.